The number of aliphatic hydroxyl groups excluding tert-OH is 1. The molecule has 0 spiro atoms. The van der Waals surface area contributed by atoms with Crippen molar-refractivity contribution in [1.29, 1.82) is 0 Å². The molecule has 0 saturated heterocycles. The van der Waals surface area contributed by atoms with E-state index < -0.39 is 23.5 Å². The number of carbonyl (C=O) groups is 2. The van der Waals surface area contributed by atoms with Crippen molar-refractivity contribution in [3.05, 3.63) is 101 Å². The molecule has 35 heavy (non-hydrogen) atoms. The number of ketones is 1. The molecule has 8 heteroatoms. The Morgan fingerprint density at radius 3 is 2.66 bits per heavy atom. The van der Waals surface area contributed by atoms with Crippen LogP contribution in [0.1, 0.15) is 34.1 Å². The van der Waals surface area contributed by atoms with Gasteiger partial charge in [0.2, 0.25) is 5.78 Å². The van der Waals surface area contributed by atoms with E-state index in [9.17, 15) is 14.7 Å². The molecule has 0 aliphatic carbocycles. The molecule has 4 aromatic rings. The number of aliphatic hydroxyl groups is 1. The highest BCUT2D eigenvalue weighted by Gasteiger charge is 2.46. The minimum atomic E-state index is -0.941. The molecular weight excluding hydrogens is 464 g/mol. The first-order chi connectivity index (χ1) is 17.0. The lowest BCUT2D eigenvalue weighted by Crippen LogP contribution is -2.30. The molecule has 5 rings (SSSR count). The summed E-state index contributed by atoms with van der Waals surface area (Å²) in [4.78, 5) is 33.4. The molecule has 1 amide bonds. The Hall–Kier alpha value is -4.17. The number of amides is 1. The number of nitrogens with zero attached hydrogens (tertiary/aromatic N) is 2. The Labute approximate surface area is 205 Å². The number of hydrogen-bond donors (Lipinski definition) is 1. The number of Topliss-reactive ketones (excluding diaryl/α,β-unsaturated/α-hetero) is 1. The average molecular weight is 487 g/mol. The number of ether oxygens (including phenoxy) is 1. The van der Waals surface area contributed by atoms with Gasteiger partial charge >= 0.3 is 0 Å². The van der Waals surface area contributed by atoms with Gasteiger partial charge in [0, 0.05) is 17.3 Å². The third-order valence-corrected chi connectivity index (χ3v) is 6.90. The van der Waals surface area contributed by atoms with Gasteiger partial charge in [-0.2, -0.15) is 0 Å². The fourth-order valence-electron chi connectivity index (χ4n) is 4.14. The number of furan rings is 1. The topological polar surface area (TPSA) is 92.9 Å². The van der Waals surface area contributed by atoms with E-state index in [1.807, 2.05) is 37.3 Å². The molecule has 3 heterocycles. The number of anilines is 1. The molecule has 2 aromatic carbocycles. The monoisotopic (exact) mass is 486 g/mol. The largest absolute Gasteiger partial charge is 0.503 e. The predicted molar refractivity (Wildman–Crippen MR) is 133 cm³/mol. The Morgan fingerprint density at radius 1 is 1.14 bits per heavy atom. The number of aryl methyl sites for hydroxylation is 1. The number of benzene rings is 2. The van der Waals surface area contributed by atoms with Crippen molar-refractivity contribution in [2.75, 3.05) is 11.5 Å². The van der Waals surface area contributed by atoms with Crippen LogP contribution in [0, 0.1) is 6.92 Å². The van der Waals surface area contributed by atoms with Crippen LogP contribution in [-0.2, 0) is 4.79 Å². The van der Waals surface area contributed by atoms with E-state index in [2.05, 4.69) is 4.98 Å². The zero-order valence-corrected chi connectivity index (χ0v) is 19.9. The van der Waals surface area contributed by atoms with Gasteiger partial charge < -0.3 is 14.3 Å². The smallest absolute Gasteiger partial charge is 0.294 e. The summed E-state index contributed by atoms with van der Waals surface area (Å²) in [6.45, 7) is 4.07. The standard InChI is InChI=1S/C27H22N2O5S/c1-3-33-19-12-7-11-18(15-19)29-22(20-13-8-14-34-20)21(24(31)27(29)32)23(30)25-16(2)28-26(35-25)17-9-5-4-6-10-17/h4-15,22,31H,3H2,1-2H3. The van der Waals surface area contributed by atoms with Gasteiger partial charge in [0.05, 0.1) is 29.0 Å². The summed E-state index contributed by atoms with van der Waals surface area (Å²) in [5.74, 6) is -0.821. The second-order valence-electron chi connectivity index (χ2n) is 7.91. The van der Waals surface area contributed by atoms with Crippen LogP contribution in [0.5, 0.6) is 5.75 Å². The number of thiazole rings is 1. The molecule has 0 bridgehead atoms. The van der Waals surface area contributed by atoms with Crippen molar-refractivity contribution in [2.24, 2.45) is 0 Å². The number of aromatic nitrogens is 1. The predicted octanol–water partition coefficient (Wildman–Crippen LogP) is 5.89. The van der Waals surface area contributed by atoms with Crippen LogP contribution < -0.4 is 9.64 Å². The van der Waals surface area contributed by atoms with Crippen LogP contribution in [0.2, 0.25) is 0 Å². The molecule has 1 aliphatic heterocycles. The average Bonchev–Trinajstić information content (AvgIpc) is 3.59. The summed E-state index contributed by atoms with van der Waals surface area (Å²) < 4.78 is 11.2. The van der Waals surface area contributed by atoms with Gasteiger partial charge in [0.15, 0.2) is 5.76 Å². The highest BCUT2D eigenvalue weighted by Crippen LogP contribution is 2.44. The molecule has 1 unspecified atom stereocenters. The Morgan fingerprint density at radius 2 is 1.94 bits per heavy atom. The first-order valence-electron chi connectivity index (χ1n) is 11.1. The van der Waals surface area contributed by atoms with Crippen molar-refractivity contribution in [1.82, 2.24) is 4.98 Å². The number of rotatable bonds is 7. The first-order valence-corrected chi connectivity index (χ1v) is 11.9. The van der Waals surface area contributed by atoms with E-state index in [1.165, 1.54) is 22.5 Å². The van der Waals surface area contributed by atoms with Crippen LogP contribution in [0.15, 0.2) is 88.7 Å². The van der Waals surface area contributed by atoms with E-state index in [4.69, 9.17) is 9.15 Å². The lowest BCUT2D eigenvalue weighted by Gasteiger charge is -2.25. The van der Waals surface area contributed by atoms with Crippen molar-refractivity contribution in [2.45, 2.75) is 19.9 Å². The Balaban J connectivity index is 1.59. The molecule has 0 fully saturated rings. The van der Waals surface area contributed by atoms with Crippen LogP contribution in [-0.4, -0.2) is 28.4 Å². The summed E-state index contributed by atoms with van der Waals surface area (Å²) in [5.41, 5.74) is 1.85. The molecule has 2 aromatic heterocycles. The van der Waals surface area contributed by atoms with Gasteiger partial charge in [-0.05, 0) is 38.1 Å². The zero-order valence-electron chi connectivity index (χ0n) is 19.1. The SMILES string of the molecule is CCOc1cccc(N2C(=O)C(O)=C(C(=O)c3sc(-c4ccccc4)nc3C)C2c2ccco2)c1. The van der Waals surface area contributed by atoms with E-state index in [1.54, 1.807) is 43.3 Å². The minimum Gasteiger partial charge on any atom is -0.503 e. The van der Waals surface area contributed by atoms with Crippen LogP contribution in [0.3, 0.4) is 0 Å². The van der Waals surface area contributed by atoms with Crippen molar-refractivity contribution >= 4 is 28.7 Å². The molecular formula is C27H22N2O5S. The summed E-state index contributed by atoms with van der Waals surface area (Å²) in [7, 11) is 0. The Bertz CT molecular complexity index is 1420. The lowest BCUT2D eigenvalue weighted by molar-refractivity contribution is -0.117. The summed E-state index contributed by atoms with van der Waals surface area (Å²) in [6.07, 6.45) is 1.47. The van der Waals surface area contributed by atoms with E-state index in [0.29, 0.717) is 39.4 Å². The molecule has 0 radical (unpaired) electrons. The van der Waals surface area contributed by atoms with Gasteiger partial charge in [-0.25, -0.2) is 4.98 Å². The van der Waals surface area contributed by atoms with Gasteiger partial charge in [-0.15, -0.1) is 11.3 Å². The van der Waals surface area contributed by atoms with Gasteiger partial charge in [-0.3, -0.25) is 14.5 Å². The minimum absolute atomic E-state index is 0.0434. The van der Waals surface area contributed by atoms with E-state index in [0.717, 1.165) is 5.56 Å². The summed E-state index contributed by atoms with van der Waals surface area (Å²) in [6, 6.07) is 18.9. The van der Waals surface area contributed by atoms with Gasteiger partial charge in [-0.1, -0.05) is 36.4 Å². The third kappa shape index (κ3) is 4.02. The van der Waals surface area contributed by atoms with Gasteiger partial charge in [0.1, 0.15) is 22.6 Å². The molecule has 0 saturated carbocycles. The fraction of sp³-hybridized carbons (Fsp3) is 0.148. The van der Waals surface area contributed by atoms with Crippen molar-refractivity contribution in [3.8, 4) is 16.3 Å². The van der Waals surface area contributed by atoms with Crippen LogP contribution >= 0.6 is 11.3 Å². The van der Waals surface area contributed by atoms with Crippen molar-refractivity contribution in [3.63, 3.8) is 0 Å². The molecule has 7 nitrogen and oxygen atoms in total. The number of hydrogen-bond acceptors (Lipinski definition) is 7. The zero-order chi connectivity index (χ0) is 24.5. The number of carbonyl (C=O) groups excluding carboxylic acids is 2. The first kappa shape index (κ1) is 22.6. The molecule has 176 valence electrons. The van der Waals surface area contributed by atoms with E-state index in [-0.39, 0.29) is 5.57 Å². The lowest BCUT2D eigenvalue weighted by atomic mass is 9.99. The van der Waals surface area contributed by atoms with Crippen LogP contribution in [0.4, 0.5) is 5.69 Å². The normalized spacial score (nSPS) is 15.7. The highest BCUT2D eigenvalue weighted by molar-refractivity contribution is 7.17. The summed E-state index contributed by atoms with van der Waals surface area (Å²) in [5, 5.41) is 11.6. The molecule has 1 atom stereocenters. The summed E-state index contributed by atoms with van der Waals surface area (Å²) >= 11 is 1.23. The molecule has 1 N–H and O–H groups in total. The maximum Gasteiger partial charge on any atom is 0.294 e. The fourth-order valence-corrected chi connectivity index (χ4v) is 5.17. The van der Waals surface area contributed by atoms with E-state index >= 15 is 0 Å². The quantitative estimate of drug-likeness (QED) is 0.327. The highest BCUT2D eigenvalue weighted by atomic mass is 32.1. The van der Waals surface area contributed by atoms with Crippen molar-refractivity contribution < 1.29 is 23.8 Å². The maximum atomic E-state index is 13.8. The van der Waals surface area contributed by atoms with Gasteiger partial charge in [0.25, 0.3) is 5.91 Å². The molecule has 1 aliphatic rings. The second-order valence-corrected chi connectivity index (χ2v) is 8.91. The third-order valence-electron chi connectivity index (χ3n) is 5.70. The Kier molecular flexibility index (Phi) is 5.96. The maximum absolute atomic E-state index is 13.8. The second kappa shape index (κ2) is 9.23. The van der Waals surface area contributed by atoms with Crippen LogP contribution in [0.25, 0.3) is 10.6 Å².